The van der Waals surface area contributed by atoms with E-state index >= 15 is 0 Å². The number of rotatable bonds is 5. The summed E-state index contributed by atoms with van der Waals surface area (Å²) in [6.45, 7) is 7.94. The number of hydrogen-bond donors (Lipinski definition) is 0. The van der Waals surface area contributed by atoms with E-state index in [2.05, 4.69) is 29.2 Å². The molecule has 1 atom stereocenters. The normalized spacial score (nSPS) is 16.4. The summed E-state index contributed by atoms with van der Waals surface area (Å²) in [5.74, 6) is -0.648. The van der Waals surface area contributed by atoms with E-state index in [1.165, 1.54) is 11.4 Å². The Labute approximate surface area is 220 Å². The van der Waals surface area contributed by atoms with Gasteiger partial charge in [0, 0.05) is 10.1 Å². The molecule has 1 heterocycles. The van der Waals surface area contributed by atoms with E-state index in [1.54, 1.807) is 24.3 Å². The van der Waals surface area contributed by atoms with Crippen LogP contribution in [0.1, 0.15) is 33.9 Å². The van der Waals surface area contributed by atoms with Gasteiger partial charge in [-0.2, -0.15) is 4.31 Å². The maximum atomic E-state index is 14.1. The van der Waals surface area contributed by atoms with Crippen LogP contribution in [0, 0.1) is 13.8 Å². The van der Waals surface area contributed by atoms with Gasteiger partial charge in [0.25, 0.3) is 0 Å². The van der Waals surface area contributed by atoms with Crippen LogP contribution in [0.4, 0.5) is 0 Å². The van der Waals surface area contributed by atoms with Crippen LogP contribution in [0.3, 0.4) is 0 Å². The van der Waals surface area contributed by atoms with Gasteiger partial charge in [-0.05, 0) is 70.8 Å². The highest BCUT2D eigenvalue weighted by Crippen LogP contribution is 2.45. The lowest BCUT2D eigenvalue weighted by Crippen LogP contribution is -2.38. The summed E-state index contributed by atoms with van der Waals surface area (Å²) >= 11 is 2.22. The number of nitrogens with zero attached hydrogens (tertiary/aromatic N) is 1. The lowest BCUT2D eigenvalue weighted by molar-refractivity contribution is -0.136. The molecule has 180 valence electrons. The Morgan fingerprint density at radius 2 is 1.63 bits per heavy atom. The lowest BCUT2D eigenvalue weighted by atomic mass is 9.88. The van der Waals surface area contributed by atoms with Gasteiger partial charge in [-0.25, -0.2) is 13.2 Å². The van der Waals surface area contributed by atoms with Crippen LogP contribution < -0.4 is 0 Å². The third-order valence-corrected chi connectivity index (χ3v) is 8.80. The van der Waals surface area contributed by atoms with Crippen molar-refractivity contribution in [1.29, 1.82) is 0 Å². The Bertz CT molecular complexity index is 1430. The lowest BCUT2D eigenvalue weighted by Gasteiger charge is -2.31. The summed E-state index contributed by atoms with van der Waals surface area (Å²) in [7, 11) is -2.73. The van der Waals surface area contributed by atoms with Crippen molar-refractivity contribution in [3.05, 3.63) is 116 Å². The summed E-state index contributed by atoms with van der Waals surface area (Å²) in [6, 6.07) is 21.6. The Morgan fingerprint density at radius 3 is 2.26 bits per heavy atom. The molecular formula is C28H26INO4S. The number of sulfonamides is 1. The SMILES string of the molecule is C=C(C(=O)OC)[C@H]1c2cc(C)ccc2C(c2ccccc2)=C(I)CN1S(=O)(=O)c1ccc(C)cc1. The highest BCUT2D eigenvalue weighted by molar-refractivity contribution is 14.1. The van der Waals surface area contributed by atoms with Crippen molar-refractivity contribution in [2.75, 3.05) is 13.7 Å². The molecule has 35 heavy (non-hydrogen) atoms. The Kier molecular flexibility index (Phi) is 7.30. The van der Waals surface area contributed by atoms with E-state index in [9.17, 15) is 13.2 Å². The number of aryl methyl sites for hydroxylation is 2. The number of benzene rings is 3. The van der Waals surface area contributed by atoms with Gasteiger partial charge in [-0.3, -0.25) is 0 Å². The molecule has 0 spiro atoms. The Balaban J connectivity index is 2.04. The third kappa shape index (κ3) is 4.85. The van der Waals surface area contributed by atoms with Crippen LogP contribution in [0.2, 0.25) is 0 Å². The molecule has 0 radical (unpaired) electrons. The molecule has 3 aromatic carbocycles. The maximum absolute atomic E-state index is 14.1. The smallest absolute Gasteiger partial charge is 0.335 e. The number of carbonyl (C=O) groups excluding carboxylic acids is 1. The van der Waals surface area contributed by atoms with Gasteiger partial charge in [-0.15, -0.1) is 0 Å². The highest BCUT2D eigenvalue weighted by Gasteiger charge is 2.40. The average Bonchev–Trinajstić information content (AvgIpc) is 2.97. The topological polar surface area (TPSA) is 63.7 Å². The van der Waals surface area contributed by atoms with Gasteiger partial charge in [0.05, 0.1) is 23.6 Å². The van der Waals surface area contributed by atoms with Gasteiger partial charge in [-0.1, -0.05) is 78.4 Å². The van der Waals surface area contributed by atoms with Crippen LogP contribution in [-0.4, -0.2) is 32.3 Å². The van der Waals surface area contributed by atoms with E-state index in [-0.39, 0.29) is 17.0 Å². The molecule has 3 aromatic rings. The number of carbonyl (C=O) groups is 1. The van der Waals surface area contributed by atoms with Gasteiger partial charge in [0.15, 0.2) is 0 Å². The highest BCUT2D eigenvalue weighted by atomic mass is 127. The minimum atomic E-state index is -4.01. The molecule has 7 heteroatoms. The first-order valence-corrected chi connectivity index (χ1v) is 13.6. The fourth-order valence-electron chi connectivity index (χ4n) is 4.34. The van der Waals surface area contributed by atoms with Crippen molar-refractivity contribution in [3.63, 3.8) is 0 Å². The molecule has 4 rings (SSSR count). The van der Waals surface area contributed by atoms with Crippen LogP contribution in [0.25, 0.3) is 5.57 Å². The summed E-state index contributed by atoms with van der Waals surface area (Å²) in [4.78, 5) is 12.9. The zero-order valence-electron chi connectivity index (χ0n) is 19.8. The number of esters is 1. The number of halogens is 1. The van der Waals surface area contributed by atoms with Crippen molar-refractivity contribution >= 4 is 44.2 Å². The molecule has 1 aliphatic rings. The van der Waals surface area contributed by atoms with E-state index in [0.29, 0.717) is 5.56 Å². The van der Waals surface area contributed by atoms with Crippen LogP contribution in [0.15, 0.2) is 93.4 Å². The molecule has 0 bridgehead atoms. The molecule has 0 amide bonds. The molecular weight excluding hydrogens is 573 g/mol. The first-order chi connectivity index (χ1) is 16.6. The zero-order chi connectivity index (χ0) is 25.3. The molecule has 0 saturated carbocycles. The van der Waals surface area contributed by atoms with Gasteiger partial charge in [0.2, 0.25) is 10.0 Å². The van der Waals surface area contributed by atoms with E-state index in [1.807, 2.05) is 62.4 Å². The second kappa shape index (κ2) is 10.1. The van der Waals surface area contributed by atoms with E-state index < -0.39 is 22.0 Å². The third-order valence-electron chi connectivity index (χ3n) is 6.09. The van der Waals surface area contributed by atoms with Crippen LogP contribution in [-0.2, 0) is 19.6 Å². The van der Waals surface area contributed by atoms with Crippen molar-refractivity contribution in [2.24, 2.45) is 0 Å². The number of fused-ring (bicyclic) bond motifs is 1. The molecule has 0 fully saturated rings. The van der Waals surface area contributed by atoms with E-state index in [4.69, 9.17) is 4.74 Å². The Hall–Kier alpha value is -2.75. The van der Waals surface area contributed by atoms with Gasteiger partial charge in [0.1, 0.15) is 0 Å². The first kappa shape index (κ1) is 25.3. The van der Waals surface area contributed by atoms with Crippen LogP contribution in [0.5, 0.6) is 0 Å². The van der Waals surface area contributed by atoms with E-state index in [0.717, 1.165) is 31.4 Å². The minimum Gasteiger partial charge on any atom is -0.466 e. The molecule has 0 saturated heterocycles. The second-order valence-corrected chi connectivity index (χ2v) is 11.7. The predicted octanol–water partition coefficient (Wildman–Crippen LogP) is 5.97. The minimum absolute atomic E-state index is 0.0635. The summed E-state index contributed by atoms with van der Waals surface area (Å²) in [6.07, 6.45) is 0. The summed E-state index contributed by atoms with van der Waals surface area (Å²) in [5, 5.41) is 0. The molecule has 1 aliphatic heterocycles. The average molecular weight is 599 g/mol. The molecule has 0 N–H and O–H groups in total. The first-order valence-electron chi connectivity index (χ1n) is 11.1. The largest absolute Gasteiger partial charge is 0.466 e. The summed E-state index contributed by atoms with van der Waals surface area (Å²) in [5.41, 5.74) is 5.43. The van der Waals surface area contributed by atoms with Gasteiger partial charge >= 0.3 is 5.97 Å². The number of ether oxygens (including phenoxy) is 1. The van der Waals surface area contributed by atoms with Gasteiger partial charge < -0.3 is 4.74 Å². The summed E-state index contributed by atoms with van der Waals surface area (Å²) < 4.78 is 35.3. The van der Waals surface area contributed by atoms with Crippen molar-refractivity contribution in [2.45, 2.75) is 24.8 Å². The van der Waals surface area contributed by atoms with Crippen LogP contribution >= 0.6 is 22.6 Å². The monoisotopic (exact) mass is 599 g/mol. The molecule has 0 aliphatic carbocycles. The fourth-order valence-corrected chi connectivity index (χ4v) is 7.10. The maximum Gasteiger partial charge on any atom is 0.335 e. The van der Waals surface area contributed by atoms with Crippen molar-refractivity contribution in [3.8, 4) is 0 Å². The molecule has 0 aromatic heterocycles. The number of methoxy groups -OCH3 is 1. The molecule has 5 nitrogen and oxygen atoms in total. The predicted molar refractivity (Wildman–Crippen MR) is 147 cm³/mol. The van der Waals surface area contributed by atoms with Crippen molar-refractivity contribution in [1.82, 2.24) is 4.31 Å². The fraction of sp³-hybridized carbons (Fsp3) is 0.179. The molecule has 0 unspecified atom stereocenters. The quantitative estimate of drug-likeness (QED) is 0.206. The zero-order valence-corrected chi connectivity index (χ0v) is 22.8. The second-order valence-electron chi connectivity index (χ2n) is 8.52. The standard InChI is InChI=1S/C28H26INO4S/c1-18-10-13-22(14-11-18)35(32,33)30-17-25(29)26(21-8-6-5-7-9-21)23-15-12-19(2)16-24(23)27(30)20(3)28(31)34-4/h5-16,27H,3,17H2,1-2,4H3/t27-/m0/s1. The number of hydrogen-bond acceptors (Lipinski definition) is 4. The Morgan fingerprint density at radius 1 is 1.00 bits per heavy atom. The van der Waals surface area contributed by atoms with Crippen molar-refractivity contribution < 1.29 is 17.9 Å².